The maximum Gasteiger partial charge on any atom is 0.0664 e. The zero-order valence-corrected chi connectivity index (χ0v) is 14.5. The van der Waals surface area contributed by atoms with Crippen molar-refractivity contribution in [2.75, 3.05) is 6.54 Å². The quantitative estimate of drug-likeness (QED) is 0.451. The minimum Gasteiger partial charge on any atom is -0.392 e. The van der Waals surface area contributed by atoms with Crippen LogP contribution in [0.4, 0.5) is 0 Å². The predicted octanol–water partition coefficient (Wildman–Crippen LogP) is 5.02. The monoisotopic (exact) mass is 321 g/mol. The van der Waals surface area contributed by atoms with Crippen LogP contribution in [0.3, 0.4) is 0 Å². The second kappa shape index (κ2) is 8.27. The molecule has 0 aliphatic heterocycles. The van der Waals surface area contributed by atoms with Gasteiger partial charge in [-0.2, -0.15) is 0 Å². The van der Waals surface area contributed by atoms with Crippen molar-refractivity contribution in [2.45, 2.75) is 45.3 Å². The summed E-state index contributed by atoms with van der Waals surface area (Å²) in [6.45, 7) is 3.64. The molecule has 3 rings (SSSR count). The van der Waals surface area contributed by atoms with Gasteiger partial charge in [0.2, 0.25) is 0 Å². The van der Waals surface area contributed by atoms with E-state index in [-0.39, 0.29) is 6.10 Å². The first-order chi connectivity index (χ1) is 11.8. The standard InChI is InChI=1S/C22H27NO/c1-2-3-4-10-19(24)16-23-15-18-14-17-9-5-6-11-20(17)22-13-8-7-12-21(18)22/h5-9,11-14,19,23-24H,2-4,10,15-16H2,1H3. The minimum absolute atomic E-state index is 0.247. The van der Waals surface area contributed by atoms with E-state index in [1.165, 1.54) is 39.9 Å². The zero-order chi connectivity index (χ0) is 16.8. The topological polar surface area (TPSA) is 32.3 Å². The summed E-state index contributed by atoms with van der Waals surface area (Å²) in [6, 6.07) is 19.4. The Hall–Kier alpha value is -1.90. The molecular formula is C22H27NO. The highest BCUT2D eigenvalue weighted by Gasteiger charge is 2.07. The van der Waals surface area contributed by atoms with Gasteiger partial charge in [-0.1, -0.05) is 74.7 Å². The molecule has 24 heavy (non-hydrogen) atoms. The van der Waals surface area contributed by atoms with Crippen LogP contribution in [0.2, 0.25) is 0 Å². The summed E-state index contributed by atoms with van der Waals surface area (Å²) in [5, 5.41) is 18.7. The molecule has 0 heterocycles. The van der Waals surface area contributed by atoms with Gasteiger partial charge >= 0.3 is 0 Å². The van der Waals surface area contributed by atoms with Gasteiger partial charge in [-0.25, -0.2) is 0 Å². The molecule has 126 valence electrons. The fourth-order valence-corrected chi connectivity index (χ4v) is 3.38. The Morgan fingerprint density at radius 1 is 0.917 bits per heavy atom. The van der Waals surface area contributed by atoms with Gasteiger partial charge in [0.25, 0.3) is 0 Å². The van der Waals surface area contributed by atoms with E-state index in [1.54, 1.807) is 0 Å². The van der Waals surface area contributed by atoms with Crippen LogP contribution in [0.1, 0.15) is 38.2 Å². The molecule has 0 aliphatic rings. The molecule has 0 bridgehead atoms. The number of hydrogen-bond donors (Lipinski definition) is 2. The Morgan fingerprint density at radius 2 is 1.62 bits per heavy atom. The lowest BCUT2D eigenvalue weighted by Crippen LogP contribution is -2.26. The van der Waals surface area contributed by atoms with E-state index in [0.717, 1.165) is 19.4 Å². The Morgan fingerprint density at radius 3 is 2.42 bits per heavy atom. The predicted molar refractivity (Wildman–Crippen MR) is 103 cm³/mol. The summed E-state index contributed by atoms with van der Waals surface area (Å²) >= 11 is 0. The fourth-order valence-electron chi connectivity index (χ4n) is 3.38. The smallest absolute Gasteiger partial charge is 0.0664 e. The van der Waals surface area contributed by atoms with Gasteiger partial charge in [-0.05, 0) is 39.6 Å². The first-order valence-electron chi connectivity index (χ1n) is 9.07. The van der Waals surface area contributed by atoms with Crippen LogP contribution in [0.15, 0.2) is 54.6 Å². The molecule has 0 aromatic heterocycles. The largest absolute Gasteiger partial charge is 0.392 e. The van der Waals surface area contributed by atoms with E-state index in [9.17, 15) is 5.11 Å². The van der Waals surface area contributed by atoms with Crippen molar-refractivity contribution in [3.63, 3.8) is 0 Å². The van der Waals surface area contributed by atoms with E-state index in [1.807, 2.05) is 0 Å². The van der Waals surface area contributed by atoms with Crippen molar-refractivity contribution in [2.24, 2.45) is 0 Å². The van der Waals surface area contributed by atoms with Gasteiger partial charge in [0, 0.05) is 13.1 Å². The highest BCUT2D eigenvalue weighted by molar-refractivity contribution is 6.08. The summed E-state index contributed by atoms with van der Waals surface area (Å²) in [6.07, 6.45) is 4.15. The summed E-state index contributed by atoms with van der Waals surface area (Å²) in [5.74, 6) is 0. The number of rotatable bonds is 8. The Bertz CT molecular complexity index is 796. The first kappa shape index (κ1) is 16.9. The van der Waals surface area contributed by atoms with Gasteiger partial charge in [0.15, 0.2) is 0 Å². The maximum atomic E-state index is 10.1. The normalized spacial score (nSPS) is 12.8. The van der Waals surface area contributed by atoms with Crippen LogP contribution >= 0.6 is 0 Å². The Labute approximate surface area is 144 Å². The lowest BCUT2D eigenvalue weighted by Gasteiger charge is -2.14. The Kier molecular flexibility index (Phi) is 5.84. The molecule has 3 aromatic carbocycles. The Balaban J connectivity index is 1.74. The van der Waals surface area contributed by atoms with Gasteiger partial charge < -0.3 is 10.4 Å². The minimum atomic E-state index is -0.247. The molecule has 1 unspecified atom stereocenters. The third-order valence-electron chi connectivity index (χ3n) is 4.69. The lowest BCUT2D eigenvalue weighted by molar-refractivity contribution is 0.158. The van der Waals surface area contributed by atoms with Crippen molar-refractivity contribution in [1.29, 1.82) is 0 Å². The molecule has 0 saturated carbocycles. The number of aliphatic hydroxyl groups is 1. The maximum absolute atomic E-state index is 10.1. The fraction of sp³-hybridized carbons (Fsp3) is 0.364. The van der Waals surface area contributed by atoms with Crippen molar-refractivity contribution in [1.82, 2.24) is 5.32 Å². The molecule has 3 aromatic rings. The molecule has 2 N–H and O–H groups in total. The highest BCUT2D eigenvalue weighted by atomic mass is 16.3. The molecule has 0 saturated heterocycles. The number of benzene rings is 3. The van der Waals surface area contributed by atoms with Gasteiger partial charge in [0.05, 0.1) is 6.10 Å². The zero-order valence-electron chi connectivity index (χ0n) is 14.5. The first-order valence-corrected chi connectivity index (χ1v) is 9.07. The SMILES string of the molecule is CCCCCC(O)CNCc1cc2ccccc2c2ccccc12. The average molecular weight is 321 g/mol. The molecule has 0 aliphatic carbocycles. The number of nitrogens with one attached hydrogen (secondary N) is 1. The van der Waals surface area contributed by atoms with Gasteiger partial charge in [-0.3, -0.25) is 0 Å². The highest BCUT2D eigenvalue weighted by Crippen LogP contribution is 2.28. The van der Waals surface area contributed by atoms with E-state index in [2.05, 4.69) is 66.8 Å². The molecule has 2 heteroatoms. The van der Waals surface area contributed by atoms with Crippen molar-refractivity contribution < 1.29 is 5.11 Å². The van der Waals surface area contributed by atoms with Gasteiger partial charge in [-0.15, -0.1) is 0 Å². The van der Waals surface area contributed by atoms with E-state index in [4.69, 9.17) is 0 Å². The number of unbranched alkanes of at least 4 members (excludes halogenated alkanes) is 2. The summed E-state index contributed by atoms with van der Waals surface area (Å²) < 4.78 is 0. The van der Waals surface area contributed by atoms with Crippen LogP contribution in [-0.4, -0.2) is 17.8 Å². The molecule has 1 atom stereocenters. The summed E-state index contributed by atoms with van der Waals surface area (Å²) in [5.41, 5.74) is 1.30. The molecule has 0 amide bonds. The number of aliphatic hydroxyl groups excluding tert-OH is 1. The number of hydrogen-bond acceptors (Lipinski definition) is 2. The van der Waals surface area contributed by atoms with E-state index >= 15 is 0 Å². The third-order valence-corrected chi connectivity index (χ3v) is 4.69. The molecule has 0 fully saturated rings. The second-order valence-corrected chi connectivity index (χ2v) is 6.58. The van der Waals surface area contributed by atoms with Crippen LogP contribution in [0, 0.1) is 0 Å². The average Bonchev–Trinajstić information content (AvgIpc) is 2.62. The lowest BCUT2D eigenvalue weighted by atomic mass is 9.97. The second-order valence-electron chi connectivity index (χ2n) is 6.58. The molecule has 0 spiro atoms. The molecular weight excluding hydrogens is 294 g/mol. The third kappa shape index (κ3) is 3.95. The van der Waals surface area contributed by atoms with Gasteiger partial charge in [0.1, 0.15) is 0 Å². The van der Waals surface area contributed by atoms with E-state index < -0.39 is 0 Å². The van der Waals surface area contributed by atoms with Crippen LogP contribution in [0.5, 0.6) is 0 Å². The molecule has 0 radical (unpaired) electrons. The van der Waals surface area contributed by atoms with Crippen LogP contribution in [0.25, 0.3) is 21.5 Å². The summed E-state index contributed by atoms with van der Waals surface area (Å²) in [7, 11) is 0. The summed E-state index contributed by atoms with van der Waals surface area (Å²) in [4.78, 5) is 0. The van der Waals surface area contributed by atoms with Crippen LogP contribution < -0.4 is 5.32 Å². The van der Waals surface area contributed by atoms with Crippen LogP contribution in [-0.2, 0) is 6.54 Å². The van der Waals surface area contributed by atoms with Crippen molar-refractivity contribution in [3.8, 4) is 0 Å². The van der Waals surface area contributed by atoms with Crippen molar-refractivity contribution >= 4 is 21.5 Å². The van der Waals surface area contributed by atoms with E-state index in [0.29, 0.717) is 6.54 Å². The number of fused-ring (bicyclic) bond motifs is 3. The van der Waals surface area contributed by atoms with Crippen molar-refractivity contribution in [3.05, 3.63) is 60.2 Å². The molecule has 2 nitrogen and oxygen atoms in total.